The first-order valence-electron chi connectivity index (χ1n) is 7.69. The molecule has 24 heavy (non-hydrogen) atoms. The van der Waals surface area contributed by atoms with Crippen molar-refractivity contribution in [2.24, 2.45) is 0 Å². The predicted molar refractivity (Wildman–Crippen MR) is 98.0 cm³/mol. The summed E-state index contributed by atoms with van der Waals surface area (Å²) in [5, 5.41) is 10.4. The summed E-state index contributed by atoms with van der Waals surface area (Å²) in [6.45, 7) is 7.85. The summed E-state index contributed by atoms with van der Waals surface area (Å²) in [7, 11) is 0.856. The molecule has 0 unspecified atom stereocenters. The van der Waals surface area contributed by atoms with Crippen molar-refractivity contribution in [3.05, 3.63) is 28.7 Å². The predicted octanol–water partition coefficient (Wildman–Crippen LogP) is 3.16. The maximum absolute atomic E-state index is 11.3. The van der Waals surface area contributed by atoms with Crippen molar-refractivity contribution < 1.29 is 23.9 Å². The van der Waals surface area contributed by atoms with Gasteiger partial charge in [0.25, 0.3) is 0 Å². The number of benzene rings is 1. The first kappa shape index (κ1) is 18.9. The lowest BCUT2D eigenvalue weighted by atomic mass is 9.78. The molecule has 0 aromatic heterocycles. The van der Waals surface area contributed by atoms with Crippen LogP contribution in [0, 0.1) is 0 Å². The molecule has 0 atom stereocenters. The number of thiol groups is 1. The fraction of sp³-hybridized carbons (Fsp3) is 0.471. The van der Waals surface area contributed by atoms with Crippen LogP contribution in [0.2, 0.25) is 0 Å². The van der Waals surface area contributed by atoms with Crippen molar-refractivity contribution in [2.75, 3.05) is 12.9 Å². The first-order valence-corrected chi connectivity index (χ1v) is 8.32. The molecular weight excluding hydrogens is 327 g/mol. The molecule has 2 rings (SSSR count). The fourth-order valence-electron chi connectivity index (χ4n) is 2.39. The Morgan fingerprint density at radius 1 is 1.29 bits per heavy atom. The number of hydrogen-bond acceptors (Lipinski definition) is 6. The van der Waals surface area contributed by atoms with Crippen molar-refractivity contribution >= 4 is 32.1 Å². The SMILES string of the molecule is COc1ccc(C=O)c(C=C(CS)B2OC(C)(C)C(C)(C)O2)c1O. The van der Waals surface area contributed by atoms with Gasteiger partial charge in [-0.05, 0) is 45.3 Å². The van der Waals surface area contributed by atoms with E-state index in [0.717, 1.165) is 0 Å². The van der Waals surface area contributed by atoms with E-state index in [0.29, 0.717) is 34.4 Å². The van der Waals surface area contributed by atoms with Crippen molar-refractivity contribution in [3.8, 4) is 11.5 Å². The van der Waals surface area contributed by atoms with E-state index in [-0.39, 0.29) is 5.75 Å². The average molecular weight is 350 g/mol. The molecule has 0 saturated carbocycles. The molecule has 130 valence electrons. The number of aldehydes is 1. The Labute approximate surface area is 148 Å². The van der Waals surface area contributed by atoms with Crippen LogP contribution in [0.25, 0.3) is 6.08 Å². The van der Waals surface area contributed by atoms with E-state index >= 15 is 0 Å². The van der Waals surface area contributed by atoms with Crippen LogP contribution in [0.3, 0.4) is 0 Å². The molecule has 5 nitrogen and oxygen atoms in total. The zero-order valence-electron chi connectivity index (χ0n) is 14.6. The largest absolute Gasteiger partial charge is 0.504 e. The van der Waals surface area contributed by atoms with Crippen molar-refractivity contribution in [2.45, 2.75) is 38.9 Å². The maximum Gasteiger partial charge on any atom is 0.491 e. The van der Waals surface area contributed by atoms with Gasteiger partial charge in [0.2, 0.25) is 0 Å². The highest BCUT2D eigenvalue weighted by molar-refractivity contribution is 7.80. The second-order valence-electron chi connectivity index (χ2n) is 6.70. The van der Waals surface area contributed by atoms with E-state index in [4.69, 9.17) is 14.0 Å². The van der Waals surface area contributed by atoms with Crippen molar-refractivity contribution in [1.82, 2.24) is 0 Å². The molecule has 1 fully saturated rings. The summed E-state index contributed by atoms with van der Waals surface area (Å²) in [5.74, 6) is 0.545. The molecule has 1 aromatic rings. The highest BCUT2D eigenvalue weighted by atomic mass is 32.1. The van der Waals surface area contributed by atoms with Crippen LogP contribution < -0.4 is 4.74 Å². The average Bonchev–Trinajstić information content (AvgIpc) is 2.73. The third-order valence-electron chi connectivity index (χ3n) is 4.63. The summed E-state index contributed by atoms with van der Waals surface area (Å²) in [4.78, 5) is 11.3. The molecule has 0 bridgehead atoms. The molecule has 1 saturated heterocycles. The second-order valence-corrected chi connectivity index (χ2v) is 7.02. The lowest BCUT2D eigenvalue weighted by Gasteiger charge is -2.32. The third-order valence-corrected chi connectivity index (χ3v) is 4.99. The number of aromatic hydroxyl groups is 1. The summed E-state index contributed by atoms with van der Waals surface area (Å²) in [5.41, 5.74) is 0.462. The Hall–Kier alpha value is -1.44. The van der Waals surface area contributed by atoms with Gasteiger partial charge in [0, 0.05) is 16.9 Å². The number of phenols is 1. The summed E-state index contributed by atoms with van der Waals surface area (Å²) in [6, 6.07) is 3.14. The number of methoxy groups -OCH3 is 1. The second kappa shape index (κ2) is 6.82. The van der Waals surface area contributed by atoms with Gasteiger partial charge in [-0.1, -0.05) is 6.08 Å². The van der Waals surface area contributed by atoms with Gasteiger partial charge in [-0.15, -0.1) is 0 Å². The van der Waals surface area contributed by atoms with Gasteiger partial charge in [0.15, 0.2) is 17.8 Å². The van der Waals surface area contributed by atoms with Gasteiger partial charge in [0.05, 0.1) is 18.3 Å². The van der Waals surface area contributed by atoms with E-state index in [1.807, 2.05) is 27.7 Å². The molecule has 1 aliphatic heterocycles. The molecule has 1 aromatic carbocycles. The number of hydrogen-bond donors (Lipinski definition) is 2. The van der Waals surface area contributed by atoms with Gasteiger partial charge in [0.1, 0.15) is 0 Å². The summed E-state index contributed by atoms with van der Waals surface area (Å²) >= 11 is 4.35. The molecule has 0 amide bonds. The van der Waals surface area contributed by atoms with Crippen LogP contribution in [0.4, 0.5) is 0 Å². The van der Waals surface area contributed by atoms with Crippen LogP contribution in [-0.4, -0.2) is 42.6 Å². The van der Waals surface area contributed by atoms with Crippen LogP contribution in [0.1, 0.15) is 43.6 Å². The van der Waals surface area contributed by atoms with Crippen LogP contribution >= 0.6 is 12.6 Å². The van der Waals surface area contributed by atoms with E-state index in [1.165, 1.54) is 7.11 Å². The minimum atomic E-state index is -0.599. The minimum absolute atomic E-state index is 0.0992. The number of ether oxygens (including phenoxy) is 1. The third kappa shape index (κ3) is 3.34. The lowest BCUT2D eigenvalue weighted by Crippen LogP contribution is -2.41. The molecule has 1 N–H and O–H groups in total. The molecule has 0 radical (unpaired) electrons. The zero-order chi connectivity index (χ0) is 18.1. The number of phenolic OH excluding ortho intramolecular Hbond substituents is 1. The number of carbonyl (C=O) groups is 1. The lowest BCUT2D eigenvalue weighted by molar-refractivity contribution is 0.00578. The maximum atomic E-state index is 11.3. The highest BCUT2D eigenvalue weighted by Crippen LogP contribution is 2.40. The van der Waals surface area contributed by atoms with Crippen LogP contribution in [0.15, 0.2) is 17.6 Å². The Kier molecular flexibility index (Phi) is 5.37. The van der Waals surface area contributed by atoms with Gasteiger partial charge < -0.3 is 19.2 Å². The van der Waals surface area contributed by atoms with Crippen molar-refractivity contribution in [3.63, 3.8) is 0 Å². The first-order chi connectivity index (χ1) is 11.2. The van der Waals surface area contributed by atoms with Crippen molar-refractivity contribution in [1.29, 1.82) is 0 Å². The minimum Gasteiger partial charge on any atom is -0.504 e. The van der Waals surface area contributed by atoms with E-state index in [2.05, 4.69) is 12.6 Å². The van der Waals surface area contributed by atoms with Gasteiger partial charge in [-0.3, -0.25) is 4.79 Å². The summed E-state index contributed by atoms with van der Waals surface area (Å²) in [6.07, 6.45) is 2.36. The Morgan fingerprint density at radius 3 is 2.33 bits per heavy atom. The van der Waals surface area contributed by atoms with E-state index < -0.39 is 18.3 Å². The standard InChI is InChI=1S/C17H23BO5S/c1-16(2)17(3,4)23-18(22-16)12(10-24)8-13-11(9-19)6-7-14(21-5)15(13)20/h6-9,20,24H,10H2,1-5H3. The molecule has 0 aliphatic carbocycles. The Balaban J connectivity index is 2.47. The normalized spacial score (nSPS) is 19.4. The van der Waals surface area contributed by atoms with E-state index in [9.17, 15) is 9.90 Å². The molecular formula is C17H23BO5S. The zero-order valence-corrected chi connectivity index (χ0v) is 15.5. The van der Waals surface area contributed by atoms with E-state index in [1.54, 1.807) is 18.2 Å². The fourth-order valence-corrected chi connectivity index (χ4v) is 2.63. The number of rotatable bonds is 5. The number of carbonyl (C=O) groups excluding carboxylic acids is 1. The quantitative estimate of drug-likeness (QED) is 0.485. The smallest absolute Gasteiger partial charge is 0.491 e. The highest BCUT2D eigenvalue weighted by Gasteiger charge is 2.52. The van der Waals surface area contributed by atoms with Gasteiger partial charge in [-0.25, -0.2) is 0 Å². The molecule has 1 aliphatic rings. The molecule has 1 heterocycles. The molecule has 7 heteroatoms. The molecule has 0 spiro atoms. The summed E-state index contributed by atoms with van der Waals surface area (Å²) < 4.78 is 17.2. The van der Waals surface area contributed by atoms with Gasteiger partial charge >= 0.3 is 7.12 Å². The van der Waals surface area contributed by atoms with Crippen LogP contribution in [0.5, 0.6) is 11.5 Å². The van der Waals surface area contributed by atoms with Crippen LogP contribution in [-0.2, 0) is 9.31 Å². The Bertz CT molecular complexity index is 653. The monoisotopic (exact) mass is 350 g/mol. The topological polar surface area (TPSA) is 65.0 Å². The van der Waals surface area contributed by atoms with Gasteiger partial charge in [-0.2, -0.15) is 12.6 Å². The Morgan fingerprint density at radius 2 is 1.88 bits per heavy atom.